The summed E-state index contributed by atoms with van der Waals surface area (Å²) < 4.78 is 0. The molecule has 1 N–H and O–H groups in total. The molecule has 0 aromatic heterocycles. The monoisotopic (exact) mass is 253 g/mol. The first kappa shape index (κ1) is 16.0. The molecule has 1 aliphatic carbocycles. The van der Waals surface area contributed by atoms with E-state index < -0.39 is 0 Å². The van der Waals surface area contributed by atoms with Gasteiger partial charge >= 0.3 is 0 Å². The standard InChI is InChI=1S/C17H35N/c1-14(2)9-7-5-6-8-12-18-17-11-10-15(3)13-16(17)4/h14-18H,5-13H2,1-4H3. The van der Waals surface area contributed by atoms with E-state index in [2.05, 4.69) is 33.0 Å². The van der Waals surface area contributed by atoms with Gasteiger partial charge in [0.1, 0.15) is 0 Å². The Morgan fingerprint density at radius 3 is 2.39 bits per heavy atom. The van der Waals surface area contributed by atoms with Crippen molar-refractivity contribution in [2.45, 2.75) is 85.1 Å². The molecular weight excluding hydrogens is 218 g/mol. The topological polar surface area (TPSA) is 12.0 Å². The molecule has 0 aliphatic heterocycles. The lowest BCUT2D eigenvalue weighted by Gasteiger charge is -2.33. The molecule has 0 spiro atoms. The third-order valence-electron chi connectivity index (χ3n) is 4.55. The summed E-state index contributed by atoms with van der Waals surface area (Å²) in [4.78, 5) is 0. The summed E-state index contributed by atoms with van der Waals surface area (Å²) >= 11 is 0. The average Bonchev–Trinajstić information content (AvgIpc) is 2.30. The van der Waals surface area contributed by atoms with Crippen LogP contribution in [0.1, 0.15) is 79.1 Å². The van der Waals surface area contributed by atoms with Crippen LogP contribution in [-0.4, -0.2) is 12.6 Å². The van der Waals surface area contributed by atoms with Crippen LogP contribution in [0.3, 0.4) is 0 Å². The lowest BCUT2D eigenvalue weighted by atomic mass is 9.80. The molecule has 3 atom stereocenters. The quantitative estimate of drug-likeness (QED) is 0.600. The Hall–Kier alpha value is -0.0400. The number of hydrogen-bond acceptors (Lipinski definition) is 1. The molecule has 3 unspecified atom stereocenters. The number of rotatable bonds is 8. The summed E-state index contributed by atoms with van der Waals surface area (Å²) in [6.07, 6.45) is 11.3. The van der Waals surface area contributed by atoms with Crippen molar-refractivity contribution in [3.05, 3.63) is 0 Å². The van der Waals surface area contributed by atoms with Gasteiger partial charge in [0.2, 0.25) is 0 Å². The van der Waals surface area contributed by atoms with Crippen molar-refractivity contribution in [1.82, 2.24) is 5.32 Å². The van der Waals surface area contributed by atoms with Crippen LogP contribution >= 0.6 is 0 Å². The maximum atomic E-state index is 3.79. The second-order valence-corrected chi connectivity index (χ2v) is 7.05. The molecule has 1 saturated carbocycles. The summed E-state index contributed by atoms with van der Waals surface area (Å²) in [5, 5.41) is 3.79. The summed E-state index contributed by atoms with van der Waals surface area (Å²) in [5.41, 5.74) is 0. The molecule has 18 heavy (non-hydrogen) atoms. The van der Waals surface area contributed by atoms with Crippen LogP contribution in [0.4, 0.5) is 0 Å². The first-order valence-corrected chi connectivity index (χ1v) is 8.33. The molecule has 1 fully saturated rings. The van der Waals surface area contributed by atoms with E-state index in [0.29, 0.717) is 0 Å². The largest absolute Gasteiger partial charge is 0.314 e. The normalized spacial score (nSPS) is 28.8. The molecule has 108 valence electrons. The Labute approximate surface area is 115 Å². The maximum Gasteiger partial charge on any atom is 0.00928 e. The third kappa shape index (κ3) is 6.78. The second-order valence-electron chi connectivity index (χ2n) is 7.05. The van der Waals surface area contributed by atoms with Gasteiger partial charge in [0.05, 0.1) is 0 Å². The van der Waals surface area contributed by atoms with Crippen molar-refractivity contribution in [1.29, 1.82) is 0 Å². The van der Waals surface area contributed by atoms with Crippen LogP contribution in [-0.2, 0) is 0 Å². The summed E-state index contributed by atoms with van der Waals surface area (Å²) in [6.45, 7) is 10.7. The molecule has 0 aromatic rings. The molecule has 0 bridgehead atoms. The molecule has 0 amide bonds. The zero-order valence-electron chi connectivity index (χ0n) is 13.2. The molecule has 0 aromatic carbocycles. The molecule has 0 radical (unpaired) electrons. The van der Waals surface area contributed by atoms with Crippen molar-refractivity contribution < 1.29 is 0 Å². The van der Waals surface area contributed by atoms with Crippen LogP contribution < -0.4 is 5.32 Å². The van der Waals surface area contributed by atoms with E-state index >= 15 is 0 Å². The van der Waals surface area contributed by atoms with E-state index in [4.69, 9.17) is 0 Å². The highest BCUT2D eigenvalue weighted by molar-refractivity contribution is 4.80. The van der Waals surface area contributed by atoms with Gasteiger partial charge in [0, 0.05) is 6.04 Å². The minimum Gasteiger partial charge on any atom is -0.314 e. The van der Waals surface area contributed by atoms with E-state index in [-0.39, 0.29) is 0 Å². The Kier molecular flexibility index (Phi) is 7.97. The highest BCUT2D eigenvalue weighted by Gasteiger charge is 2.24. The first-order chi connectivity index (χ1) is 8.59. The third-order valence-corrected chi connectivity index (χ3v) is 4.55. The zero-order chi connectivity index (χ0) is 13.4. The van der Waals surface area contributed by atoms with Crippen LogP contribution in [0, 0.1) is 17.8 Å². The predicted molar refractivity (Wildman–Crippen MR) is 81.9 cm³/mol. The van der Waals surface area contributed by atoms with E-state index in [0.717, 1.165) is 23.8 Å². The van der Waals surface area contributed by atoms with Gasteiger partial charge in [-0.05, 0) is 50.0 Å². The van der Waals surface area contributed by atoms with Gasteiger partial charge in [0.25, 0.3) is 0 Å². The Balaban J connectivity index is 1.94. The Morgan fingerprint density at radius 2 is 1.72 bits per heavy atom. The number of nitrogens with one attached hydrogen (secondary N) is 1. The fourth-order valence-corrected chi connectivity index (χ4v) is 3.29. The van der Waals surface area contributed by atoms with Crippen LogP contribution in [0.2, 0.25) is 0 Å². The van der Waals surface area contributed by atoms with Crippen molar-refractivity contribution in [3.63, 3.8) is 0 Å². The van der Waals surface area contributed by atoms with Gasteiger partial charge < -0.3 is 5.32 Å². The number of unbranched alkanes of at least 4 members (excludes halogenated alkanes) is 3. The predicted octanol–water partition coefficient (Wildman–Crippen LogP) is 5.01. The molecule has 1 aliphatic rings. The van der Waals surface area contributed by atoms with Crippen molar-refractivity contribution in [2.75, 3.05) is 6.54 Å². The molecule has 1 nitrogen and oxygen atoms in total. The van der Waals surface area contributed by atoms with Gasteiger partial charge in [-0.15, -0.1) is 0 Å². The molecule has 0 saturated heterocycles. The van der Waals surface area contributed by atoms with Crippen LogP contribution in [0.15, 0.2) is 0 Å². The average molecular weight is 253 g/mol. The van der Waals surface area contributed by atoms with Gasteiger partial charge in [-0.3, -0.25) is 0 Å². The van der Waals surface area contributed by atoms with Gasteiger partial charge in [-0.25, -0.2) is 0 Å². The van der Waals surface area contributed by atoms with Crippen molar-refractivity contribution in [3.8, 4) is 0 Å². The summed E-state index contributed by atoms with van der Waals surface area (Å²) in [7, 11) is 0. The maximum absolute atomic E-state index is 3.79. The Morgan fingerprint density at radius 1 is 1.00 bits per heavy atom. The molecule has 1 rings (SSSR count). The highest BCUT2D eigenvalue weighted by atomic mass is 14.9. The van der Waals surface area contributed by atoms with Gasteiger partial charge in [0.15, 0.2) is 0 Å². The van der Waals surface area contributed by atoms with Crippen molar-refractivity contribution >= 4 is 0 Å². The van der Waals surface area contributed by atoms with E-state index in [1.54, 1.807) is 0 Å². The minimum absolute atomic E-state index is 0.803. The van der Waals surface area contributed by atoms with Crippen LogP contribution in [0.5, 0.6) is 0 Å². The van der Waals surface area contributed by atoms with E-state index in [1.165, 1.54) is 57.9 Å². The number of hydrogen-bond donors (Lipinski definition) is 1. The molecule has 0 heterocycles. The second kappa shape index (κ2) is 8.96. The summed E-state index contributed by atoms with van der Waals surface area (Å²) in [6, 6.07) is 0.803. The SMILES string of the molecule is CC(C)CCCCCCNC1CCC(C)CC1C. The van der Waals surface area contributed by atoms with Gasteiger partial charge in [-0.2, -0.15) is 0 Å². The fourth-order valence-electron chi connectivity index (χ4n) is 3.29. The zero-order valence-corrected chi connectivity index (χ0v) is 13.2. The van der Waals surface area contributed by atoms with E-state index in [9.17, 15) is 0 Å². The lowest BCUT2D eigenvalue weighted by Crippen LogP contribution is -2.39. The molecule has 1 heteroatoms. The lowest BCUT2D eigenvalue weighted by molar-refractivity contribution is 0.228. The first-order valence-electron chi connectivity index (χ1n) is 8.33. The summed E-state index contributed by atoms with van der Waals surface area (Å²) in [5.74, 6) is 2.72. The Bertz CT molecular complexity index is 200. The van der Waals surface area contributed by atoms with Crippen LogP contribution in [0.25, 0.3) is 0 Å². The smallest absolute Gasteiger partial charge is 0.00928 e. The van der Waals surface area contributed by atoms with E-state index in [1.807, 2.05) is 0 Å². The minimum atomic E-state index is 0.803. The van der Waals surface area contributed by atoms with Gasteiger partial charge in [-0.1, -0.05) is 53.4 Å². The van der Waals surface area contributed by atoms with Crippen molar-refractivity contribution in [2.24, 2.45) is 17.8 Å². The highest BCUT2D eigenvalue weighted by Crippen LogP contribution is 2.28. The molecular formula is C17H35N. The fraction of sp³-hybridized carbons (Fsp3) is 1.00.